The minimum absolute atomic E-state index is 0.0367. The van der Waals surface area contributed by atoms with Crippen molar-refractivity contribution in [1.82, 2.24) is 15.2 Å². The van der Waals surface area contributed by atoms with Gasteiger partial charge in [-0.15, -0.1) is 11.3 Å². The number of pyridine rings is 1. The van der Waals surface area contributed by atoms with E-state index >= 15 is 0 Å². The molecule has 5 nitrogen and oxygen atoms in total. The van der Waals surface area contributed by atoms with Gasteiger partial charge in [0.1, 0.15) is 11.9 Å². The van der Waals surface area contributed by atoms with E-state index in [1.54, 1.807) is 28.6 Å². The van der Waals surface area contributed by atoms with Gasteiger partial charge in [0.25, 0.3) is 0 Å². The zero-order chi connectivity index (χ0) is 15.4. The van der Waals surface area contributed by atoms with Crippen LogP contribution in [0.25, 0.3) is 0 Å². The van der Waals surface area contributed by atoms with Crippen molar-refractivity contribution in [2.45, 2.75) is 19.1 Å². The number of likely N-dealkylation sites (tertiary alicyclic amines) is 1. The van der Waals surface area contributed by atoms with E-state index in [-0.39, 0.29) is 12.1 Å². The van der Waals surface area contributed by atoms with Gasteiger partial charge in [0.2, 0.25) is 0 Å². The number of halogens is 1. The number of nitrogens with one attached hydrogen (secondary N) is 1. The standard InChI is InChI=1S/C15H16BrN3O2S/c16-11-7-14(22-10-11)8-18-15(20)19-6-3-13(9-19)21-12-1-4-17-5-2-12/h1-2,4-5,7,10,13H,3,6,8-9H2,(H,18,20)/t13-/m1/s1. The Labute approximate surface area is 141 Å². The number of carbonyl (C=O) groups is 1. The molecule has 7 heteroatoms. The monoisotopic (exact) mass is 381 g/mol. The number of rotatable bonds is 4. The first kappa shape index (κ1) is 15.3. The molecule has 1 saturated heterocycles. The lowest BCUT2D eigenvalue weighted by Gasteiger charge is -2.17. The second-order valence-electron chi connectivity index (χ2n) is 5.05. The molecule has 0 spiro atoms. The van der Waals surface area contributed by atoms with Crippen molar-refractivity contribution < 1.29 is 9.53 Å². The van der Waals surface area contributed by atoms with Gasteiger partial charge in [-0.2, -0.15) is 0 Å². The third-order valence-electron chi connectivity index (χ3n) is 3.42. The van der Waals surface area contributed by atoms with E-state index in [0.717, 1.165) is 28.1 Å². The van der Waals surface area contributed by atoms with Crippen molar-refractivity contribution in [2.24, 2.45) is 0 Å². The van der Waals surface area contributed by atoms with Gasteiger partial charge in [0.05, 0.1) is 13.1 Å². The van der Waals surface area contributed by atoms with Crippen molar-refractivity contribution in [3.8, 4) is 5.75 Å². The van der Waals surface area contributed by atoms with Crippen LogP contribution in [0.1, 0.15) is 11.3 Å². The van der Waals surface area contributed by atoms with Crippen LogP contribution in [-0.2, 0) is 6.54 Å². The highest BCUT2D eigenvalue weighted by Gasteiger charge is 2.27. The fraction of sp³-hybridized carbons (Fsp3) is 0.333. The number of ether oxygens (including phenoxy) is 1. The second-order valence-corrected chi connectivity index (χ2v) is 6.96. The summed E-state index contributed by atoms with van der Waals surface area (Å²) < 4.78 is 6.91. The van der Waals surface area contributed by atoms with Crippen LogP contribution in [0.3, 0.4) is 0 Å². The summed E-state index contributed by atoms with van der Waals surface area (Å²) in [5, 5.41) is 4.96. The van der Waals surface area contributed by atoms with E-state index in [2.05, 4.69) is 26.2 Å². The van der Waals surface area contributed by atoms with Crippen LogP contribution < -0.4 is 10.1 Å². The van der Waals surface area contributed by atoms with Crippen LogP contribution in [0.5, 0.6) is 5.75 Å². The molecule has 0 radical (unpaired) electrons. The van der Waals surface area contributed by atoms with Gasteiger partial charge in [-0.3, -0.25) is 4.98 Å². The summed E-state index contributed by atoms with van der Waals surface area (Å²) in [7, 11) is 0. The molecular weight excluding hydrogens is 366 g/mol. The number of nitrogens with zero attached hydrogens (tertiary/aromatic N) is 2. The fourth-order valence-corrected chi connectivity index (χ4v) is 3.73. The largest absolute Gasteiger partial charge is 0.488 e. The minimum atomic E-state index is -0.0367. The Kier molecular flexibility index (Phi) is 4.94. The molecule has 1 atom stereocenters. The number of thiophene rings is 1. The lowest BCUT2D eigenvalue weighted by Crippen LogP contribution is -2.38. The van der Waals surface area contributed by atoms with Gasteiger partial charge in [-0.05, 0) is 34.1 Å². The number of hydrogen-bond acceptors (Lipinski definition) is 4. The van der Waals surface area contributed by atoms with Gasteiger partial charge in [-0.25, -0.2) is 4.79 Å². The molecule has 0 aliphatic carbocycles. The van der Waals surface area contributed by atoms with E-state index in [4.69, 9.17) is 4.74 Å². The quantitative estimate of drug-likeness (QED) is 0.883. The fourth-order valence-electron chi connectivity index (χ4n) is 2.34. The molecule has 2 amide bonds. The zero-order valence-corrected chi connectivity index (χ0v) is 14.3. The third kappa shape index (κ3) is 3.98. The molecule has 0 saturated carbocycles. The Balaban J connectivity index is 1.46. The molecule has 116 valence electrons. The number of carbonyl (C=O) groups excluding carboxylic acids is 1. The van der Waals surface area contributed by atoms with Crippen LogP contribution in [-0.4, -0.2) is 35.1 Å². The van der Waals surface area contributed by atoms with Gasteiger partial charge < -0.3 is 15.0 Å². The third-order valence-corrected chi connectivity index (χ3v) is 5.12. The van der Waals surface area contributed by atoms with Crippen molar-refractivity contribution >= 4 is 33.3 Å². The Morgan fingerprint density at radius 1 is 1.50 bits per heavy atom. The summed E-state index contributed by atoms with van der Waals surface area (Å²) in [6, 6.07) is 5.64. The van der Waals surface area contributed by atoms with E-state index in [9.17, 15) is 4.79 Å². The lowest BCUT2D eigenvalue weighted by atomic mass is 10.3. The van der Waals surface area contributed by atoms with Crippen LogP contribution in [0.15, 0.2) is 40.4 Å². The lowest BCUT2D eigenvalue weighted by molar-refractivity contribution is 0.186. The average Bonchev–Trinajstić information content (AvgIpc) is 3.15. The molecule has 2 aromatic rings. The molecule has 1 N–H and O–H groups in total. The minimum Gasteiger partial charge on any atom is -0.488 e. The Morgan fingerprint density at radius 3 is 3.05 bits per heavy atom. The number of amides is 2. The predicted molar refractivity (Wildman–Crippen MR) is 89.1 cm³/mol. The summed E-state index contributed by atoms with van der Waals surface area (Å²) in [4.78, 5) is 19.1. The molecule has 22 heavy (non-hydrogen) atoms. The van der Waals surface area contributed by atoms with Crippen LogP contribution in [0, 0.1) is 0 Å². The molecular formula is C15H16BrN3O2S. The zero-order valence-electron chi connectivity index (χ0n) is 11.9. The van der Waals surface area contributed by atoms with Gasteiger partial charge in [0, 0.05) is 40.1 Å². The average molecular weight is 382 g/mol. The smallest absolute Gasteiger partial charge is 0.317 e. The Morgan fingerprint density at radius 2 is 2.32 bits per heavy atom. The molecule has 1 fully saturated rings. The first-order valence-corrected chi connectivity index (χ1v) is 8.70. The summed E-state index contributed by atoms with van der Waals surface area (Å²) in [6.07, 6.45) is 4.30. The maximum atomic E-state index is 12.2. The van der Waals surface area contributed by atoms with E-state index in [1.165, 1.54) is 0 Å². The van der Waals surface area contributed by atoms with E-state index < -0.39 is 0 Å². The van der Waals surface area contributed by atoms with Crippen LogP contribution >= 0.6 is 27.3 Å². The van der Waals surface area contributed by atoms with Gasteiger partial charge in [0.15, 0.2) is 0 Å². The summed E-state index contributed by atoms with van der Waals surface area (Å²) in [6.45, 7) is 1.89. The van der Waals surface area contributed by atoms with Crippen molar-refractivity contribution in [3.05, 3.63) is 45.3 Å². The van der Waals surface area contributed by atoms with E-state index in [0.29, 0.717) is 13.1 Å². The highest BCUT2D eigenvalue weighted by atomic mass is 79.9. The molecule has 3 rings (SSSR count). The topological polar surface area (TPSA) is 54.5 Å². The van der Waals surface area contributed by atoms with Gasteiger partial charge >= 0.3 is 6.03 Å². The van der Waals surface area contributed by atoms with Crippen molar-refractivity contribution in [3.63, 3.8) is 0 Å². The number of hydrogen-bond donors (Lipinski definition) is 1. The SMILES string of the molecule is O=C(NCc1cc(Br)cs1)N1CC[C@@H](Oc2ccncc2)C1. The molecule has 0 aromatic carbocycles. The first-order chi connectivity index (χ1) is 10.7. The Bertz CT molecular complexity index is 635. The molecule has 1 aliphatic heterocycles. The highest BCUT2D eigenvalue weighted by Crippen LogP contribution is 2.20. The maximum Gasteiger partial charge on any atom is 0.317 e. The van der Waals surface area contributed by atoms with E-state index in [1.807, 2.05) is 23.6 Å². The van der Waals surface area contributed by atoms with Crippen molar-refractivity contribution in [2.75, 3.05) is 13.1 Å². The highest BCUT2D eigenvalue weighted by molar-refractivity contribution is 9.10. The normalized spacial score (nSPS) is 17.5. The Hall–Kier alpha value is -1.60. The number of aromatic nitrogens is 1. The second kappa shape index (κ2) is 7.11. The summed E-state index contributed by atoms with van der Waals surface area (Å²) in [5.41, 5.74) is 0. The van der Waals surface area contributed by atoms with Gasteiger partial charge in [-0.1, -0.05) is 0 Å². The number of urea groups is 1. The van der Waals surface area contributed by atoms with Crippen LogP contribution in [0.2, 0.25) is 0 Å². The molecule has 2 aromatic heterocycles. The molecule has 0 unspecified atom stereocenters. The van der Waals surface area contributed by atoms with Crippen LogP contribution in [0.4, 0.5) is 4.79 Å². The molecule has 3 heterocycles. The molecule has 1 aliphatic rings. The summed E-state index contributed by atoms with van der Waals surface area (Å²) in [5.74, 6) is 0.797. The summed E-state index contributed by atoms with van der Waals surface area (Å²) >= 11 is 5.04. The predicted octanol–water partition coefficient (Wildman–Crippen LogP) is 3.27. The first-order valence-electron chi connectivity index (χ1n) is 7.03. The maximum absolute atomic E-state index is 12.2. The molecule has 0 bridgehead atoms. The van der Waals surface area contributed by atoms with Crippen molar-refractivity contribution in [1.29, 1.82) is 0 Å².